The summed E-state index contributed by atoms with van der Waals surface area (Å²) < 4.78 is 11.0. The fourth-order valence-corrected chi connectivity index (χ4v) is 2.24. The maximum Gasteiger partial charge on any atom is 0.161 e. The zero-order chi connectivity index (χ0) is 12.8. The molecule has 1 atom stereocenters. The average Bonchev–Trinajstić information content (AvgIpc) is 2.39. The van der Waals surface area contributed by atoms with Gasteiger partial charge < -0.3 is 14.8 Å². The van der Waals surface area contributed by atoms with Crippen LogP contribution in [0.25, 0.3) is 0 Å². The highest BCUT2D eigenvalue weighted by atomic mass is 16.5. The number of para-hydroxylation sites is 2. The molecule has 0 bridgehead atoms. The van der Waals surface area contributed by atoms with Gasteiger partial charge in [0.15, 0.2) is 11.5 Å². The summed E-state index contributed by atoms with van der Waals surface area (Å²) in [5.41, 5.74) is 0. The fraction of sp³-hybridized carbons (Fsp3) is 0.571. The lowest BCUT2D eigenvalue weighted by Gasteiger charge is -2.31. The molecule has 0 amide bonds. The first-order chi connectivity index (χ1) is 8.79. The number of nitrogens with zero attached hydrogens (tertiary/aromatic N) is 1. The fourth-order valence-electron chi connectivity index (χ4n) is 2.24. The molecule has 0 spiro atoms. The van der Waals surface area contributed by atoms with Crippen molar-refractivity contribution in [2.24, 2.45) is 0 Å². The minimum Gasteiger partial charge on any atom is -0.493 e. The van der Waals surface area contributed by atoms with Gasteiger partial charge in [0.1, 0.15) is 6.61 Å². The van der Waals surface area contributed by atoms with Gasteiger partial charge >= 0.3 is 0 Å². The van der Waals surface area contributed by atoms with Gasteiger partial charge in [-0.1, -0.05) is 12.1 Å². The van der Waals surface area contributed by atoms with Gasteiger partial charge in [-0.15, -0.1) is 0 Å². The average molecular weight is 250 g/mol. The highest BCUT2D eigenvalue weighted by Crippen LogP contribution is 2.25. The van der Waals surface area contributed by atoms with Crippen LogP contribution >= 0.6 is 0 Å². The molecule has 1 aromatic carbocycles. The van der Waals surface area contributed by atoms with Crippen molar-refractivity contribution < 1.29 is 9.47 Å². The van der Waals surface area contributed by atoms with Gasteiger partial charge in [0.25, 0.3) is 0 Å². The van der Waals surface area contributed by atoms with Crippen molar-refractivity contribution >= 4 is 0 Å². The van der Waals surface area contributed by atoms with Crippen molar-refractivity contribution in [1.29, 1.82) is 0 Å². The van der Waals surface area contributed by atoms with Crippen molar-refractivity contribution in [3.63, 3.8) is 0 Å². The third-order valence-electron chi connectivity index (χ3n) is 3.19. The second kappa shape index (κ2) is 6.61. The standard InChI is InChI=1S/C14H22N2O2/c1-12-11-16(8-7-15-12)9-10-18-14-6-4-3-5-13(14)17-2/h3-6,12,15H,7-11H2,1-2H3. The molecule has 1 aliphatic heterocycles. The van der Waals surface area contributed by atoms with Crippen LogP contribution in [0.4, 0.5) is 0 Å². The maximum absolute atomic E-state index is 5.78. The zero-order valence-electron chi connectivity index (χ0n) is 11.2. The van der Waals surface area contributed by atoms with E-state index in [4.69, 9.17) is 9.47 Å². The van der Waals surface area contributed by atoms with Crippen LogP contribution in [-0.2, 0) is 0 Å². The second-order valence-corrected chi connectivity index (χ2v) is 4.66. The number of hydrogen-bond acceptors (Lipinski definition) is 4. The molecule has 1 saturated heterocycles. The van der Waals surface area contributed by atoms with Crippen LogP contribution in [0.3, 0.4) is 0 Å². The number of nitrogens with one attached hydrogen (secondary N) is 1. The summed E-state index contributed by atoms with van der Waals surface area (Å²) in [5, 5.41) is 3.44. The summed E-state index contributed by atoms with van der Waals surface area (Å²) >= 11 is 0. The lowest BCUT2D eigenvalue weighted by Crippen LogP contribution is -2.50. The molecule has 0 aliphatic carbocycles. The third kappa shape index (κ3) is 3.62. The monoisotopic (exact) mass is 250 g/mol. The first kappa shape index (κ1) is 13.2. The summed E-state index contributed by atoms with van der Waals surface area (Å²) in [6, 6.07) is 8.35. The predicted octanol–water partition coefficient (Wildman–Crippen LogP) is 1.37. The largest absolute Gasteiger partial charge is 0.493 e. The van der Waals surface area contributed by atoms with Crippen LogP contribution in [-0.4, -0.2) is 50.8 Å². The number of ether oxygens (including phenoxy) is 2. The SMILES string of the molecule is COc1ccccc1OCCN1CCNC(C)C1. The number of benzene rings is 1. The summed E-state index contributed by atoms with van der Waals surface area (Å²) in [7, 11) is 1.67. The second-order valence-electron chi connectivity index (χ2n) is 4.66. The van der Waals surface area contributed by atoms with Crippen molar-refractivity contribution in [3.8, 4) is 11.5 Å². The molecule has 4 heteroatoms. The number of rotatable bonds is 5. The topological polar surface area (TPSA) is 33.7 Å². The molecule has 18 heavy (non-hydrogen) atoms. The van der Waals surface area contributed by atoms with Gasteiger partial charge in [0.2, 0.25) is 0 Å². The van der Waals surface area contributed by atoms with Crippen LogP contribution in [0.5, 0.6) is 11.5 Å². The molecule has 2 rings (SSSR count). The van der Waals surface area contributed by atoms with E-state index in [9.17, 15) is 0 Å². The lowest BCUT2D eigenvalue weighted by molar-refractivity contribution is 0.168. The molecule has 0 aromatic heterocycles. The zero-order valence-corrected chi connectivity index (χ0v) is 11.2. The Kier molecular flexibility index (Phi) is 4.84. The van der Waals surface area contributed by atoms with E-state index in [-0.39, 0.29) is 0 Å². The quantitative estimate of drug-likeness (QED) is 0.856. The molecule has 1 N–H and O–H groups in total. The Bertz CT molecular complexity index is 371. The molecule has 4 nitrogen and oxygen atoms in total. The first-order valence-electron chi connectivity index (χ1n) is 6.51. The maximum atomic E-state index is 5.78. The Hall–Kier alpha value is -1.26. The summed E-state index contributed by atoms with van der Waals surface area (Å²) in [4.78, 5) is 2.43. The molecule has 0 radical (unpaired) electrons. The number of piperazine rings is 1. The summed E-state index contributed by atoms with van der Waals surface area (Å²) in [5.74, 6) is 1.62. The molecule has 0 saturated carbocycles. The normalized spacial score (nSPS) is 20.7. The summed E-state index contributed by atoms with van der Waals surface area (Å²) in [6.07, 6.45) is 0. The van der Waals surface area contributed by atoms with E-state index < -0.39 is 0 Å². The number of methoxy groups -OCH3 is 1. The molecular formula is C14H22N2O2. The Morgan fingerprint density at radius 1 is 1.33 bits per heavy atom. The van der Waals surface area contributed by atoms with Crippen molar-refractivity contribution in [2.45, 2.75) is 13.0 Å². The highest BCUT2D eigenvalue weighted by molar-refractivity contribution is 5.39. The smallest absolute Gasteiger partial charge is 0.161 e. The Morgan fingerprint density at radius 3 is 2.83 bits per heavy atom. The molecule has 1 aromatic rings. The Labute approximate surface area is 109 Å². The van der Waals surface area contributed by atoms with Crippen LogP contribution in [0.1, 0.15) is 6.92 Å². The van der Waals surface area contributed by atoms with E-state index in [1.807, 2.05) is 24.3 Å². The van der Waals surface area contributed by atoms with Gasteiger partial charge in [0, 0.05) is 32.2 Å². The minimum atomic E-state index is 0.574. The van der Waals surface area contributed by atoms with Gasteiger partial charge in [-0.2, -0.15) is 0 Å². The van der Waals surface area contributed by atoms with Gasteiger partial charge in [-0.3, -0.25) is 4.90 Å². The van der Waals surface area contributed by atoms with E-state index in [1.165, 1.54) is 0 Å². The van der Waals surface area contributed by atoms with Gasteiger partial charge in [0.05, 0.1) is 7.11 Å². The van der Waals surface area contributed by atoms with Crippen molar-refractivity contribution in [2.75, 3.05) is 39.9 Å². The lowest BCUT2D eigenvalue weighted by atomic mass is 10.2. The van der Waals surface area contributed by atoms with E-state index in [1.54, 1.807) is 7.11 Å². The van der Waals surface area contributed by atoms with E-state index in [0.29, 0.717) is 12.6 Å². The van der Waals surface area contributed by atoms with Crippen LogP contribution in [0.2, 0.25) is 0 Å². The third-order valence-corrected chi connectivity index (χ3v) is 3.19. The molecule has 1 heterocycles. The van der Waals surface area contributed by atoms with E-state index in [2.05, 4.69) is 17.1 Å². The molecule has 1 aliphatic rings. The first-order valence-corrected chi connectivity index (χ1v) is 6.51. The van der Waals surface area contributed by atoms with Crippen LogP contribution in [0, 0.1) is 0 Å². The van der Waals surface area contributed by atoms with E-state index >= 15 is 0 Å². The van der Waals surface area contributed by atoms with Crippen LogP contribution < -0.4 is 14.8 Å². The molecule has 1 unspecified atom stereocenters. The Morgan fingerprint density at radius 2 is 2.11 bits per heavy atom. The Balaban J connectivity index is 1.77. The predicted molar refractivity (Wildman–Crippen MR) is 72.4 cm³/mol. The molecular weight excluding hydrogens is 228 g/mol. The van der Waals surface area contributed by atoms with Crippen LogP contribution in [0.15, 0.2) is 24.3 Å². The van der Waals surface area contributed by atoms with Crippen molar-refractivity contribution in [1.82, 2.24) is 10.2 Å². The highest BCUT2D eigenvalue weighted by Gasteiger charge is 2.15. The van der Waals surface area contributed by atoms with E-state index in [0.717, 1.165) is 37.7 Å². The van der Waals surface area contributed by atoms with Gasteiger partial charge in [-0.25, -0.2) is 0 Å². The molecule has 1 fully saturated rings. The minimum absolute atomic E-state index is 0.574. The number of hydrogen-bond donors (Lipinski definition) is 1. The van der Waals surface area contributed by atoms with Gasteiger partial charge in [-0.05, 0) is 19.1 Å². The summed E-state index contributed by atoms with van der Waals surface area (Å²) in [6.45, 7) is 7.13. The molecule has 100 valence electrons. The van der Waals surface area contributed by atoms with Crippen molar-refractivity contribution in [3.05, 3.63) is 24.3 Å².